The molecule has 4 aromatic rings. The van der Waals surface area contributed by atoms with Crippen LogP contribution in [-0.2, 0) is 11.3 Å². The number of nitrogens with zero attached hydrogens (tertiary/aromatic N) is 1. The van der Waals surface area contributed by atoms with Crippen molar-refractivity contribution in [3.05, 3.63) is 102 Å². The molecule has 1 amide bonds. The van der Waals surface area contributed by atoms with Crippen molar-refractivity contribution in [3.8, 4) is 22.6 Å². The van der Waals surface area contributed by atoms with Crippen LogP contribution in [0.15, 0.2) is 84.9 Å². The van der Waals surface area contributed by atoms with E-state index in [9.17, 15) is 38.1 Å². The number of carboxylic acids is 1. The highest BCUT2D eigenvalue weighted by atomic mass is 32.2. The fourth-order valence-electron chi connectivity index (χ4n) is 3.55. The van der Waals surface area contributed by atoms with E-state index in [-0.39, 0.29) is 39.7 Å². The van der Waals surface area contributed by atoms with Crippen LogP contribution in [0.1, 0.15) is 20.7 Å². The molecule has 0 aliphatic rings. The molecule has 1 atom stereocenters. The van der Waals surface area contributed by atoms with Gasteiger partial charge in [-0.05, 0) is 77.9 Å². The van der Waals surface area contributed by atoms with Crippen molar-refractivity contribution in [3.63, 3.8) is 0 Å². The standard InChI is InChI=1S/C26H19FN2O7S/c27-18-6-9-20(10-7-18)29(37(35)36)22-14-19(8-12-24(22)31)28-25(32)16-3-1-15(2-4-16)17-5-11-23(30)21(13-17)26(33)34/h1-14,30-31H,(H,28,32)(H,33,34)(H,35,36)/p-1. The zero-order chi connectivity index (χ0) is 26.7. The highest BCUT2D eigenvalue weighted by molar-refractivity contribution is 7.81. The number of aromatic carboxylic acids is 1. The molecule has 0 aromatic heterocycles. The Bertz CT molecular complexity index is 1510. The summed E-state index contributed by atoms with van der Waals surface area (Å²) in [5, 5.41) is 31.8. The lowest BCUT2D eigenvalue weighted by molar-refractivity contribution is 0.0693. The van der Waals surface area contributed by atoms with Gasteiger partial charge in [0.15, 0.2) is 0 Å². The minimum Gasteiger partial charge on any atom is -0.755 e. The Labute approximate surface area is 212 Å². The number of phenolic OH excluding ortho intramolecular Hbond substituents is 1. The Balaban J connectivity index is 1.57. The van der Waals surface area contributed by atoms with E-state index in [4.69, 9.17) is 0 Å². The van der Waals surface area contributed by atoms with Crippen molar-refractivity contribution in [2.75, 3.05) is 9.62 Å². The molecule has 9 nitrogen and oxygen atoms in total. The number of nitrogens with one attached hydrogen (secondary N) is 1. The zero-order valence-corrected chi connectivity index (χ0v) is 19.6. The Morgan fingerprint density at radius 1 is 0.838 bits per heavy atom. The summed E-state index contributed by atoms with van der Waals surface area (Å²) in [7, 11) is 0. The number of hydrogen-bond donors (Lipinski definition) is 4. The average molecular weight is 522 g/mol. The van der Waals surface area contributed by atoms with Crippen LogP contribution >= 0.6 is 0 Å². The lowest BCUT2D eigenvalue weighted by Gasteiger charge is -2.27. The second kappa shape index (κ2) is 10.5. The zero-order valence-electron chi connectivity index (χ0n) is 18.8. The number of hydrogen-bond acceptors (Lipinski definition) is 6. The molecular weight excluding hydrogens is 503 g/mol. The molecule has 37 heavy (non-hydrogen) atoms. The number of halogens is 1. The van der Waals surface area contributed by atoms with E-state index in [1.165, 1.54) is 54.6 Å². The van der Waals surface area contributed by atoms with Gasteiger partial charge in [0.05, 0.1) is 22.6 Å². The predicted molar refractivity (Wildman–Crippen MR) is 134 cm³/mol. The summed E-state index contributed by atoms with van der Waals surface area (Å²) in [5.41, 5.74) is 1.23. The Morgan fingerprint density at radius 3 is 2.08 bits per heavy atom. The van der Waals surface area contributed by atoms with E-state index >= 15 is 0 Å². The molecule has 0 saturated heterocycles. The van der Waals surface area contributed by atoms with Crippen LogP contribution in [0.25, 0.3) is 11.1 Å². The number of phenols is 2. The van der Waals surface area contributed by atoms with Crippen molar-refractivity contribution in [2.45, 2.75) is 0 Å². The summed E-state index contributed by atoms with van der Waals surface area (Å²) in [5.74, 6) is -3.12. The quantitative estimate of drug-likeness (QED) is 0.202. The van der Waals surface area contributed by atoms with Gasteiger partial charge < -0.3 is 25.2 Å². The molecule has 11 heteroatoms. The molecule has 4 aromatic carbocycles. The molecule has 0 radical (unpaired) electrons. The van der Waals surface area contributed by atoms with E-state index < -0.39 is 29.0 Å². The maximum absolute atomic E-state index is 13.3. The van der Waals surface area contributed by atoms with Crippen LogP contribution in [-0.4, -0.2) is 36.0 Å². The molecule has 0 bridgehead atoms. The Hall–Kier alpha value is -4.74. The SMILES string of the molecule is O=C(Nc1ccc(O)c(N(c2ccc(F)cc2)S(=O)[O-])c1)c1ccc(-c2ccc(O)c(C(=O)O)c2)cc1. The number of carbonyl (C=O) groups excluding carboxylic acids is 1. The molecule has 4 N–H and O–H groups in total. The van der Waals surface area contributed by atoms with Gasteiger partial charge in [0.1, 0.15) is 22.9 Å². The first-order valence-corrected chi connectivity index (χ1v) is 11.6. The number of aromatic hydroxyl groups is 2. The van der Waals surface area contributed by atoms with Gasteiger partial charge in [-0.1, -0.05) is 18.2 Å². The number of benzene rings is 4. The summed E-state index contributed by atoms with van der Waals surface area (Å²) in [6.07, 6.45) is 0. The van der Waals surface area contributed by atoms with Crippen molar-refractivity contribution in [1.82, 2.24) is 0 Å². The highest BCUT2D eigenvalue weighted by Crippen LogP contribution is 2.36. The third kappa shape index (κ3) is 5.58. The second-order valence-electron chi connectivity index (χ2n) is 7.76. The lowest BCUT2D eigenvalue weighted by atomic mass is 10.0. The molecule has 0 heterocycles. The smallest absolute Gasteiger partial charge is 0.339 e. The summed E-state index contributed by atoms with van der Waals surface area (Å²) in [4.78, 5) is 24.1. The molecule has 0 spiro atoms. The minimum atomic E-state index is -2.87. The van der Waals surface area contributed by atoms with Gasteiger partial charge in [-0.3, -0.25) is 13.3 Å². The van der Waals surface area contributed by atoms with Crippen molar-refractivity contribution < 1.29 is 38.1 Å². The third-order valence-corrected chi connectivity index (χ3v) is 6.08. The van der Waals surface area contributed by atoms with E-state index in [1.54, 1.807) is 18.2 Å². The molecule has 1 unspecified atom stereocenters. The Kier molecular flexibility index (Phi) is 7.18. The van der Waals surface area contributed by atoms with Crippen LogP contribution in [0.3, 0.4) is 0 Å². The first-order chi connectivity index (χ1) is 17.6. The van der Waals surface area contributed by atoms with Gasteiger partial charge in [0.25, 0.3) is 5.91 Å². The molecular formula is C26H18FN2O7S-. The van der Waals surface area contributed by atoms with Crippen LogP contribution in [0.4, 0.5) is 21.5 Å². The van der Waals surface area contributed by atoms with Crippen molar-refractivity contribution >= 4 is 40.2 Å². The number of carboxylic acid groups (broad SMARTS) is 1. The first-order valence-electron chi connectivity index (χ1n) is 10.6. The Morgan fingerprint density at radius 2 is 1.46 bits per heavy atom. The van der Waals surface area contributed by atoms with Gasteiger partial charge in [-0.25, -0.2) is 9.18 Å². The molecule has 0 saturated carbocycles. The summed E-state index contributed by atoms with van der Waals surface area (Å²) < 4.78 is 37.8. The van der Waals surface area contributed by atoms with Crippen LogP contribution in [0, 0.1) is 5.82 Å². The van der Waals surface area contributed by atoms with E-state index in [2.05, 4.69) is 5.32 Å². The fourth-order valence-corrected chi connectivity index (χ4v) is 4.15. The molecule has 0 aliphatic carbocycles. The summed E-state index contributed by atoms with van der Waals surface area (Å²) in [6, 6.07) is 18.8. The predicted octanol–water partition coefficient (Wildman–Crippen LogP) is 4.79. The molecule has 4 rings (SSSR count). The topological polar surface area (TPSA) is 150 Å². The molecule has 0 aliphatic heterocycles. The second-order valence-corrected chi connectivity index (χ2v) is 8.56. The average Bonchev–Trinajstić information content (AvgIpc) is 2.87. The largest absolute Gasteiger partial charge is 0.755 e. The minimum absolute atomic E-state index is 0.0735. The van der Waals surface area contributed by atoms with Crippen LogP contribution in [0.5, 0.6) is 11.5 Å². The molecule has 0 fully saturated rings. The van der Waals surface area contributed by atoms with Crippen molar-refractivity contribution in [2.24, 2.45) is 0 Å². The first kappa shape index (κ1) is 25.4. The van der Waals surface area contributed by atoms with Crippen LogP contribution in [0.2, 0.25) is 0 Å². The number of anilines is 3. The van der Waals surface area contributed by atoms with Gasteiger partial charge >= 0.3 is 5.97 Å². The van der Waals surface area contributed by atoms with Crippen LogP contribution < -0.4 is 9.62 Å². The van der Waals surface area contributed by atoms with E-state index in [1.807, 2.05) is 0 Å². The molecule has 188 valence electrons. The highest BCUT2D eigenvalue weighted by Gasteiger charge is 2.17. The fraction of sp³-hybridized carbons (Fsp3) is 0. The number of rotatable bonds is 7. The van der Waals surface area contributed by atoms with E-state index in [0.717, 1.165) is 16.4 Å². The third-order valence-electron chi connectivity index (χ3n) is 5.37. The van der Waals surface area contributed by atoms with Gasteiger partial charge in [-0.15, -0.1) is 0 Å². The maximum Gasteiger partial charge on any atom is 0.339 e. The lowest BCUT2D eigenvalue weighted by Crippen LogP contribution is -2.20. The number of amides is 1. The van der Waals surface area contributed by atoms with E-state index in [0.29, 0.717) is 11.1 Å². The summed E-state index contributed by atoms with van der Waals surface area (Å²) >= 11 is -2.87. The summed E-state index contributed by atoms with van der Waals surface area (Å²) in [6.45, 7) is 0. The number of carbonyl (C=O) groups is 2. The maximum atomic E-state index is 13.3. The van der Waals surface area contributed by atoms with Gasteiger partial charge in [0, 0.05) is 11.3 Å². The van der Waals surface area contributed by atoms with Crippen molar-refractivity contribution in [1.29, 1.82) is 0 Å². The monoisotopic (exact) mass is 521 g/mol. The van der Waals surface area contributed by atoms with Gasteiger partial charge in [0.2, 0.25) is 0 Å². The van der Waals surface area contributed by atoms with Gasteiger partial charge in [-0.2, -0.15) is 0 Å². The normalized spacial score (nSPS) is 11.5.